The molecule has 1 aliphatic rings. The van der Waals surface area contributed by atoms with E-state index >= 15 is 0 Å². The van der Waals surface area contributed by atoms with Gasteiger partial charge in [0, 0.05) is 17.2 Å². The minimum atomic E-state index is -0.482. The third-order valence-corrected chi connectivity index (χ3v) is 4.65. The number of aliphatic hydroxyl groups excluding tert-OH is 1. The molecule has 0 spiro atoms. The molecule has 0 radical (unpaired) electrons. The maximum Gasteiger partial charge on any atom is 0.262 e. The van der Waals surface area contributed by atoms with Crippen molar-refractivity contribution in [2.75, 3.05) is 25.6 Å². The Morgan fingerprint density at radius 2 is 2.00 bits per heavy atom. The highest BCUT2D eigenvalue weighted by Gasteiger charge is 2.29. The van der Waals surface area contributed by atoms with E-state index < -0.39 is 6.04 Å². The lowest BCUT2D eigenvalue weighted by Gasteiger charge is -2.33. The summed E-state index contributed by atoms with van der Waals surface area (Å²) in [5, 5.41) is 26.2. The molecule has 0 saturated heterocycles. The summed E-state index contributed by atoms with van der Waals surface area (Å²) in [6.45, 7) is 3.78. The summed E-state index contributed by atoms with van der Waals surface area (Å²) in [7, 11) is 1.63. The molecule has 7 heteroatoms. The SMILES string of the molecule is COc1ccc(CC(C)(C)NC(CO)c2cc(O)cc3c2OCC(=O)N3)cc1. The number of aliphatic hydroxyl groups is 1. The van der Waals surface area contributed by atoms with Gasteiger partial charge in [-0.3, -0.25) is 4.79 Å². The van der Waals surface area contributed by atoms with Crippen molar-refractivity contribution in [3.63, 3.8) is 0 Å². The molecular formula is C21H26N2O5. The van der Waals surface area contributed by atoms with Crippen LogP contribution in [0.2, 0.25) is 0 Å². The molecule has 0 bridgehead atoms. The number of carbonyl (C=O) groups excluding carboxylic acids is 1. The Kier molecular flexibility index (Phi) is 5.76. The normalized spacial score (nSPS) is 14.6. The van der Waals surface area contributed by atoms with Crippen LogP contribution in [0.5, 0.6) is 17.2 Å². The molecule has 4 N–H and O–H groups in total. The second-order valence-electron chi connectivity index (χ2n) is 7.54. The van der Waals surface area contributed by atoms with Gasteiger partial charge in [-0.05, 0) is 44.0 Å². The molecule has 150 valence electrons. The van der Waals surface area contributed by atoms with Crippen LogP contribution in [0, 0.1) is 0 Å². The molecule has 2 aromatic carbocycles. The van der Waals surface area contributed by atoms with E-state index in [-0.39, 0.29) is 30.4 Å². The van der Waals surface area contributed by atoms with Gasteiger partial charge in [0.05, 0.1) is 25.4 Å². The summed E-state index contributed by atoms with van der Waals surface area (Å²) in [5.41, 5.74) is 1.76. The average molecular weight is 386 g/mol. The average Bonchev–Trinajstić information content (AvgIpc) is 2.65. The summed E-state index contributed by atoms with van der Waals surface area (Å²) < 4.78 is 10.8. The summed E-state index contributed by atoms with van der Waals surface area (Å²) in [4.78, 5) is 11.6. The van der Waals surface area contributed by atoms with Crippen LogP contribution in [0.15, 0.2) is 36.4 Å². The molecule has 0 aromatic heterocycles. The number of methoxy groups -OCH3 is 1. The third-order valence-electron chi connectivity index (χ3n) is 4.65. The van der Waals surface area contributed by atoms with Crippen molar-refractivity contribution in [1.82, 2.24) is 5.32 Å². The van der Waals surface area contributed by atoms with E-state index in [2.05, 4.69) is 10.6 Å². The van der Waals surface area contributed by atoms with Gasteiger partial charge in [0.25, 0.3) is 5.91 Å². The van der Waals surface area contributed by atoms with Gasteiger partial charge in [0.1, 0.15) is 17.2 Å². The molecule has 28 heavy (non-hydrogen) atoms. The van der Waals surface area contributed by atoms with Gasteiger partial charge in [-0.1, -0.05) is 12.1 Å². The Bertz CT molecular complexity index is 849. The summed E-state index contributed by atoms with van der Waals surface area (Å²) in [6.07, 6.45) is 0.714. The van der Waals surface area contributed by atoms with Crippen LogP contribution >= 0.6 is 0 Å². The minimum Gasteiger partial charge on any atom is -0.508 e. The van der Waals surface area contributed by atoms with E-state index in [0.29, 0.717) is 23.4 Å². The van der Waals surface area contributed by atoms with Gasteiger partial charge < -0.3 is 30.3 Å². The van der Waals surface area contributed by atoms with E-state index in [9.17, 15) is 15.0 Å². The minimum absolute atomic E-state index is 0.00670. The second kappa shape index (κ2) is 8.08. The lowest BCUT2D eigenvalue weighted by atomic mass is 9.92. The van der Waals surface area contributed by atoms with Crippen LogP contribution in [0.25, 0.3) is 0 Å². The summed E-state index contributed by atoms with van der Waals surface area (Å²) in [6, 6.07) is 10.3. The molecule has 2 aromatic rings. The highest BCUT2D eigenvalue weighted by molar-refractivity contribution is 5.96. The standard InChI is InChI=1S/C21H26N2O5/c1-21(2,10-13-4-6-15(27-3)7-5-13)23-18(11-24)16-8-14(25)9-17-20(16)28-12-19(26)22-17/h4-9,18,23-25H,10-12H2,1-3H3,(H,22,26). The molecule has 1 amide bonds. The molecule has 0 fully saturated rings. The maximum absolute atomic E-state index is 11.6. The number of carbonyl (C=O) groups is 1. The van der Waals surface area contributed by atoms with Gasteiger partial charge in [-0.15, -0.1) is 0 Å². The molecular weight excluding hydrogens is 360 g/mol. The van der Waals surface area contributed by atoms with E-state index in [1.807, 2.05) is 38.1 Å². The Balaban J connectivity index is 1.82. The number of amides is 1. The Hall–Kier alpha value is -2.77. The molecule has 3 rings (SSSR count). The zero-order valence-corrected chi connectivity index (χ0v) is 16.3. The van der Waals surface area contributed by atoms with Crippen LogP contribution in [0.1, 0.15) is 31.0 Å². The quantitative estimate of drug-likeness (QED) is 0.583. The number of fused-ring (bicyclic) bond motifs is 1. The summed E-state index contributed by atoms with van der Waals surface area (Å²) in [5.74, 6) is 0.975. The number of hydrogen-bond donors (Lipinski definition) is 4. The Morgan fingerprint density at radius 3 is 2.64 bits per heavy atom. The molecule has 1 unspecified atom stereocenters. The van der Waals surface area contributed by atoms with E-state index in [1.54, 1.807) is 13.2 Å². The number of phenolic OH excluding ortho intramolecular Hbond substituents is 1. The number of benzene rings is 2. The number of phenols is 1. The predicted octanol–water partition coefficient (Wildman–Crippen LogP) is 2.38. The van der Waals surface area contributed by atoms with Crippen LogP contribution < -0.4 is 20.1 Å². The lowest BCUT2D eigenvalue weighted by molar-refractivity contribution is -0.118. The van der Waals surface area contributed by atoms with Crippen molar-refractivity contribution in [2.24, 2.45) is 0 Å². The zero-order chi connectivity index (χ0) is 20.3. The number of anilines is 1. The monoisotopic (exact) mass is 386 g/mol. The van der Waals surface area contributed by atoms with E-state index in [1.165, 1.54) is 6.07 Å². The number of nitrogens with one attached hydrogen (secondary N) is 2. The van der Waals surface area contributed by atoms with Gasteiger partial charge in [-0.2, -0.15) is 0 Å². The second-order valence-corrected chi connectivity index (χ2v) is 7.54. The molecule has 7 nitrogen and oxygen atoms in total. The first-order chi connectivity index (χ1) is 13.3. The Labute approximate surface area is 164 Å². The van der Waals surface area contributed by atoms with Crippen molar-refractivity contribution in [1.29, 1.82) is 0 Å². The van der Waals surface area contributed by atoms with Crippen LogP contribution in [0.3, 0.4) is 0 Å². The number of ether oxygens (including phenoxy) is 2. The molecule has 1 atom stereocenters. The van der Waals surface area contributed by atoms with Crippen LogP contribution in [-0.2, 0) is 11.2 Å². The first-order valence-electron chi connectivity index (χ1n) is 9.12. The number of aromatic hydroxyl groups is 1. The van der Waals surface area contributed by atoms with Crippen molar-refractivity contribution in [2.45, 2.75) is 31.8 Å². The van der Waals surface area contributed by atoms with Gasteiger partial charge in [0.15, 0.2) is 6.61 Å². The van der Waals surface area contributed by atoms with E-state index in [4.69, 9.17) is 9.47 Å². The first kappa shape index (κ1) is 20.0. The van der Waals surface area contributed by atoms with E-state index in [0.717, 1.165) is 11.3 Å². The molecule has 0 saturated carbocycles. The fraction of sp³-hybridized carbons (Fsp3) is 0.381. The Morgan fingerprint density at radius 1 is 1.29 bits per heavy atom. The summed E-state index contributed by atoms with van der Waals surface area (Å²) >= 11 is 0. The molecule has 1 heterocycles. The third kappa shape index (κ3) is 4.55. The maximum atomic E-state index is 11.6. The molecule has 1 aliphatic heterocycles. The largest absolute Gasteiger partial charge is 0.508 e. The van der Waals surface area contributed by atoms with Crippen molar-refractivity contribution < 1.29 is 24.5 Å². The van der Waals surface area contributed by atoms with Crippen molar-refractivity contribution in [3.05, 3.63) is 47.5 Å². The first-order valence-corrected chi connectivity index (χ1v) is 9.12. The van der Waals surface area contributed by atoms with Gasteiger partial charge in [0.2, 0.25) is 0 Å². The van der Waals surface area contributed by atoms with Gasteiger partial charge in [-0.25, -0.2) is 0 Å². The van der Waals surface area contributed by atoms with Crippen LogP contribution in [0.4, 0.5) is 5.69 Å². The van der Waals surface area contributed by atoms with Gasteiger partial charge >= 0.3 is 0 Å². The highest BCUT2D eigenvalue weighted by Crippen LogP contribution is 2.39. The van der Waals surface area contributed by atoms with Crippen LogP contribution in [-0.4, -0.2) is 42.0 Å². The van der Waals surface area contributed by atoms with Crippen molar-refractivity contribution >= 4 is 11.6 Å². The fourth-order valence-electron chi connectivity index (χ4n) is 3.47. The fourth-order valence-corrected chi connectivity index (χ4v) is 3.47. The predicted molar refractivity (Wildman–Crippen MR) is 106 cm³/mol. The molecule has 0 aliphatic carbocycles. The van der Waals surface area contributed by atoms with Crippen molar-refractivity contribution in [3.8, 4) is 17.2 Å². The lowest BCUT2D eigenvalue weighted by Crippen LogP contribution is -2.45. The zero-order valence-electron chi connectivity index (χ0n) is 16.3. The smallest absolute Gasteiger partial charge is 0.262 e. The highest BCUT2D eigenvalue weighted by atomic mass is 16.5. The topological polar surface area (TPSA) is 100 Å². The number of rotatable bonds is 7. The number of hydrogen-bond acceptors (Lipinski definition) is 6.